The summed E-state index contributed by atoms with van der Waals surface area (Å²) in [7, 11) is 1.46. The van der Waals surface area contributed by atoms with Gasteiger partial charge in [-0.15, -0.1) is 0 Å². The van der Waals surface area contributed by atoms with Crippen LogP contribution < -0.4 is 15.5 Å². The van der Waals surface area contributed by atoms with Crippen LogP contribution in [0.15, 0.2) is 35.5 Å². The maximum Gasteiger partial charge on any atom is 0.435 e. The number of hydrogen-bond donors (Lipinski definition) is 2. The lowest BCUT2D eigenvalue weighted by Crippen LogP contribution is -2.48. The predicted octanol–water partition coefficient (Wildman–Crippen LogP) is 3.30. The van der Waals surface area contributed by atoms with Gasteiger partial charge in [-0.05, 0) is 38.0 Å². The van der Waals surface area contributed by atoms with Crippen molar-refractivity contribution in [1.82, 2.24) is 20.4 Å². The van der Waals surface area contributed by atoms with Crippen LogP contribution >= 0.6 is 0 Å². The number of anilines is 1. The quantitative estimate of drug-likeness (QED) is 0.438. The summed E-state index contributed by atoms with van der Waals surface area (Å²) in [6.45, 7) is 3.87. The smallest absolute Gasteiger partial charge is 0.371 e. The third-order valence-electron chi connectivity index (χ3n) is 4.93. The van der Waals surface area contributed by atoms with E-state index in [0.717, 1.165) is 36.3 Å². The molecule has 0 bridgehead atoms. The fourth-order valence-corrected chi connectivity index (χ4v) is 3.52. The number of rotatable bonds is 5. The summed E-state index contributed by atoms with van der Waals surface area (Å²) >= 11 is 0. The summed E-state index contributed by atoms with van der Waals surface area (Å²) in [6, 6.07) is 6.64. The minimum absolute atomic E-state index is 0.0307. The van der Waals surface area contributed by atoms with E-state index in [1.807, 2.05) is 13.0 Å². The number of halogens is 4. The molecule has 1 aromatic carbocycles. The van der Waals surface area contributed by atoms with Gasteiger partial charge in [0.25, 0.3) is 0 Å². The van der Waals surface area contributed by atoms with Gasteiger partial charge in [-0.25, -0.2) is 9.38 Å². The number of alkyl halides is 3. The van der Waals surface area contributed by atoms with Gasteiger partial charge in [-0.1, -0.05) is 6.07 Å². The third-order valence-corrected chi connectivity index (χ3v) is 4.93. The lowest BCUT2D eigenvalue weighted by Gasteiger charge is -2.34. The highest BCUT2D eigenvalue weighted by molar-refractivity contribution is 5.80. The topological polar surface area (TPSA) is 57.5 Å². The molecule has 1 aromatic heterocycles. The largest absolute Gasteiger partial charge is 0.435 e. The molecule has 1 aliphatic rings. The second-order valence-corrected chi connectivity index (χ2v) is 7.26. The first-order valence-electron chi connectivity index (χ1n) is 9.91. The van der Waals surface area contributed by atoms with Crippen molar-refractivity contribution in [1.29, 1.82) is 0 Å². The normalized spacial score (nSPS) is 16.1. The zero-order valence-corrected chi connectivity index (χ0v) is 17.0. The molecule has 3 rings (SSSR count). The van der Waals surface area contributed by atoms with Crippen molar-refractivity contribution >= 4 is 11.6 Å². The van der Waals surface area contributed by atoms with Crippen LogP contribution in [-0.4, -0.2) is 41.4 Å². The highest BCUT2D eigenvalue weighted by atomic mass is 19.4. The van der Waals surface area contributed by atoms with Crippen LogP contribution in [0, 0.1) is 5.82 Å². The second-order valence-electron chi connectivity index (χ2n) is 7.26. The first-order chi connectivity index (χ1) is 14.3. The molecule has 2 N–H and O–H groups in total. The van der Waals surface area contributed by atoms with Gasteiger partial charge in [0.05, 0.1) is 6.54 Å². The highest BCUT2D eigenvalue weighted by Crippen LogP contribution is 2.30. The summed E-state index contributed by atoms with van der Waals surface area (Å²) in [6.07, 6.45) is -1.56. The SMILES string of the molecule is CCNC(=NCc1cn(C)nc1C(F)(F)F)NC1CCN(c2cccc(F)c2)CC1. The lowest BCUT2D eigenvalue weighted by molar-refractivity contribution is -0.142. The van der Waals surface area contributed by atoms with E-state index in [2.05, 4.69) is 25.6 Å². The Morgan fingerprint density at radius 3 is 2.63 bits per heavy atom. The van der Waals surface area contributed by atoms with E-state index < -0.39 is 11.9 Å². The van der Waals surface area contributed by atoms with Gasteiger partial charge in [0, 0.05) is 50.2 Å². The van der Waals surface area contributed by atoms with Crippen LogP contribution in [0.4, 0.5) is 23.2 Å². The Hall–Kier alpha value is -2.78. The number of aromatic nitrogens is 2. The summed E-state index contributed by atoms with van der Waals surface area (Å²) in [5.41, 5.74) is -0.0265. The van der Waals surface area contributed by atoms with E-state index in [-0.39, 0.29) is 24.0 Å². The fraction of sp³-hybridized carbons (Fsp3) is 0.500. The van der Waals surface area contributed by atoms with Crippen molar-refractivity contribution in [3.05, 3.63) is 47.5 Å². The molecule has 1 aliphatic heterocycles. The van der Waals surface area contributed by atoms with Crippen LogP contribution in [0.5, 0.6) is 0 Å². The standard InChI is InChI=1S/C20H26F4N6/c1-3-25-19(26-12-14-13-29(2)28-18(14)20(22,23)24)27-16-7-9-30(10-8-16)17-6-4-5-15(21)11-17/h4-6,11,13,16H,3,7-10,12H2,1-2H3,(H2,25,26,27). The molecule has 0 radical (unpaired) electrons. The van der Waals surface area contributed by atoms with E-state index >= 15 is 0 Å². The minimum atomic E-state index is -4.51. The first-order valence-corrected chi connectivity index (χ1v) is 9.91. The summed E-state index contributed by atoms with van der Waals surface area (Å²) in [4.78, 5) is 6.45. The Balaban J connectivity index is 1.61. The Bertz CT molecular complexity index is 868. The molecule has 0 aliphatic carbocycles. The molecule has 6 nitrogen and oxygen atoms in total. The minimum Gasteiger partial charge on any atom is -0.371 e. The number of benzene rings is 1. The van der Waals surface area contributed by atoms with Gasteiger partial charge in [-0.3, -0.25) is 4.68 Å². The fourth-order valence-electron chi connectivity index (χ4n) is 3.52. The number of hydrogen-bond acceptors (Lipinski definition) is 3. The predicted molar refractivity (Wildman–Crippen MR) is 108 cm³/mol. The summed E-state index contributed by atoms with van der Waals surface area (Å²) in [5, 5.41) is 9.90. The maximum atomic E-state index is 13.4. The Morgan fingerprint density at radius 2 is 2.00 bits per heavy atom. The Labute approximate surface area is 173 Å². The van der Waals surface area contributed by atoms with Gasteiger partial charge in [0.15, 0.2) is 11.7 Å². The molecule has 1 fully saturated rings. The highest BCUT2D eigenvalue weighted by Gasteiger charge is 2.36. The maximum absolute atomic E-state index is 13.4. The summed E-state index contributed by atoms with van der Waals surface area (Å²) in [5.74, 6) is 0.210. The van der Waals surface area contributed by atoms with Crippen molar-refractivity contribution in [2.24, 2.45) is 12.0 Å². The number of nitrogens with zero attached hydrogens (tertiary/aromatic N) is 4. The van der Waals surface area contributed by atoms with Crippen molar-refractivity contribution in [3.63, 3.8) is 0 Å². The van der Waals surface area contributed by atoms with Crippen molar-refractivity contribution in [2.75, 3.05) is 24.5 Å². The molecular formula is C20H26F4N6. The van der Waals surface area contributed by atoms with Crippen molar-refractivity contribution in [3.8, 4) is 0 Å². The van der Waals surface area contributed by atoms with Crippen LogP contribution in [-0.2, 0) is 19.8 Å². The zero-order valence-electron chi connectivity index (χ0n) is 17.0. The average molecular weight is 426 g/mol. The van der Waals surface area contributed by atoms with Crippen molar-refractivity contribution in [2.45, 2.75) is 38.5 Å². The van der Waals surface area contributed by atoms with Crippen LogP contribution in [0.3, 0.4) is 0 Å². The van der Waals surface area contributed by atoms with E-state index in [1.165, 1.54) is 25.4 Å². The van der Waals surface area contributed by atoms with Gasteiger partial charge in [0.1, 0.15) is 5.82 Å². The second kappa shape index (κ2) is 9.36. The molecule has 0 unspecified atom stereocenters. The van der Waals surface area contributed by atoms with Gasteiger partial charge in [0.2, 0.25) is 0 Å². The Morgan fingerprint density at radius 1 is 1.27 bits per heavy atom. The number of guanidine groups is 1. The van der Waals surface area contributed by atoms with Crippen LogP contribution in [0.2, 0.25) is 0 Å². The van der Waals surface area contributed by atoms with E-state index in [0.29, 0.717) is 12.5 Å². The van der Waals surface area contributed by atoms with Gasteiger partial charge in [-0.2, -0.15) is 18.3 Å². The van der Waals surface area contributed by atoms with Crippen LogP contribution in [0.1, 0.15) is 31.0 Å². The molecule has 30 heavy (non-hydrogen) atoms. The molecule has 0 spiro atoms. The molecule has 0 atom stereocenters. The summed E-state index contributed by atoms with van der Waals surface area (Å²) < 4.78 is 54.0. The zero-order chi connectivity index (χ0) is 21.7. The molecular weight excluding hydrogens is 400 g/mol. The third kappa shape index (κ3) is 5.64. The van der Waals surface area contributed by atoms with Crippen molar-refractivity contribution < 1.29 is 17.6 Å². The number of aryl methyl sites for hydroxylation is 1. The molecule has 164 valence electrons. The number of nitrogens with one attached hydrogen (secondary N) is 2. The van der Waals surface area contributed by atoms with E-state index in [9.17, 15) is 17.6 Å². The van der Waals surface area contributed by atoms with E-state index in [1.54, 1.807) is 6.07 Å². The molecule has 1 saturated heterocycles. The monoisotopic (exact) mass is 426 g/mol. The molecule has 10 heteroatoms. The van der Waals surface area contributed by atoms with Gasteiger partial charge >= 0.3 is 6.18 Å². The lowest BCUT2D eigenvalue weighted by atomic mass is 10.0. The molecule has 0 saturated carbocycles. The van der Waals surface area contributed by atoms with Gasteiger partial charge < -0.3 is 15.5 Å². The van der Waals surface area contributed by atoms with E-state index in [4.69, 9.17) is 0 Å². The first kappa shape index (κ1) is 21.9. The molecule has 2 aromatic rings. The van der Waals surface area contributed by atoms with Crippen LogP contribution in [0.25, 0.3) is 0 Å². The average Bonchev–Trinajstić information content (AvgIpc) is 3.08. The number of aliphatic imine (C=N–C) groups is 1. The molecule has 2 heterocycles. The number of piperidine rings is 1. The molecule has 0 amide bonds. The Kier molecular flexibility index (Phi) is 6.84.